The Labute approximate surface area is 110 Å². The van der Waals surface area contributed by atoms with Gasteiger partial charge in [0.15, 0.2) is 12.2 Å². The summed E-state index contributed by atoms with van der Waals surface area (Å²) in [6.07, 6.45) is 0. The number of aryl methyl sites for hydroxylation is 1. The molecule has 0 radical (unpaired) electrons. The molecular weight excluding hydrogens is 240 g/mol. The van der Waals surface area contributed by atoms with Crippen LogP contribution in [-0.4, -0.2) is 4.98 Å². The van der Waals surface area contributed by atoms with E-state index < -0.39 is 0 Å². The lowest BCUT2D eigenvalue weighted by atomic mass is 10.2. The number of ether oxygens (including phenoxy) is 1. The molecule has 0 atom stereocenters. The lowest BCUT2D eigenvalue weighted by molar-refractivity contribution is 0.267. The van der Waals surface area contributed by atoms with Crippen molar-refractivity contribution in [2.24, 2.45) is 0 Å². The normalized spacial score (nSPS) is 10.8. The van der Waals surface area contributed by atoms with Gasteiger partial charge in [-0.2, -0.15) is 0 Å². The van der Waals surface area contributed by atoms with E-state index in [1.165, 1.54) is 0 Å². The standard InChI is InChI=1S/C15H14N2O2/c1-10-4-2-7-13-15(10)17-14(19-13)9-18-12-6-3-5-11(16)8-12/h2-8H,9,16H2,1H3. The molecule has 0 fully saturated rings. The van der Waals surface area contributed by atoms with Crippen LogP contribution in [0.25, 0.3) is 11.1 Å². The highest BCUT2D eigenvalue weighted by atomic mass is 16.5. The highest BCUT2D eigenvalue weighted by molar-refractivity contribution is 5.76. The molecule has 4 heteroatoms. The van der Waals surface area contributed by atoms with E-state index in [4.69, 9.17) is 14.9 Å². The van der Waals surface area contributed by atoms with Crippen LogP contribution in [0.2, 0.25) is 0 Å². The van der Waals surface area contributed by atoms with E-state index in [1.54, 1.807) is 6.07 Å². The van der Waals surface area contributed by atoms with Crippen molar-refractivity contribution in [3.8, 4) is 5.75 Å². The minimum Gasteiger partial charge on any atom is -0.484 e. The Morgan fingerprint density at radius 1 is 1.21 bits per heavy atom. The molecule has 0 aliphatic heterocycles. The van der Waals surface area contributed by atoms with Gasteiger partial charge >= 0.3 is 0 Å². The number of hydrogen-bond donors (Lipinski definition) is 1. The van der Waals surface area contributed by atoms with Crippen molar-refractivity contribution in [3.05, 3.63) is 53.9 Å². The van der Waals surface area contributed by atoms with E-state index in [1.807, 2.05) is 43.3 Å². The van der Waals surface area contributed by atoms with Crippen molar-refractivity contribution in [3.63, 3.8) is 0 Å². The van der Waals surface area contributed by atoms with Crippen LogP contribution in [0.3, 0.4) is 0 Å². The second-order valence-corrected chi connectivity index (χ2v) is 4.39. The van der Waals surface area contributed by atoms with Gasteiger partial charge in [0.05, 0.1) is 0 Å². The van der Waals surface area contributed by atoms with Crippen molar-refractivity contribution in [1.29, 1.82) is 0 Å². The minimum absolute atomic E-state index is 0.289. The summed E-state index contributed by atoms with van der Waals surface area (Å²) >= 11 is 0. The van der Waals surface area contributed by atoms with Gasteiger partial charge in [-0.05, 0) is 30.7 Å². The molecule has 1 heterocycles. The van der Waals surface area contributed by atoms with Crippen LogP contribution in [0.5, 0.6) is 5.75 Å². The first kappa shape index (κ1) is 11.6. The van der Waals surface area contributed by atoms with Gasteiger partial charge in [0.1, 0.15) is 11.3 Å². The summed E-state index contributed by atoms with van der Waals surface area (Å²) in [4.78, 5) is 4.43. The lowest BCUT2D eigenvalue weighted by Crippen LogP contribution is -1.96. The van der Waals surface area contributed by atoms with Gasteiger partial charge in [-0.3, -0.25) is 0 Å². The maximum absolute atomic E-state index is 5.69. The van der Waals surface area contributed by atoms with Crippen molar-refractivity contribution in [2.75, 3.05) is 5.73 Å². The smallest absolute Gasteiger partial charge is 0.233 e. The fourth-order valence-electron chi connectivity index (χ4n) is 1.94. The molecule has 3 rings (SSSR count). The van der Waals surface area contributed by atoms with Crippen LogP contribution in [0.4, 0.5) is 5.69 Å². The molecule has 0 bridgehead atoms. The Morgan fingerprint density at radius 3 is 2.84 bits per heavy atom. The van der Waals surface area contributed by atoms with Gasteiger partial charge in [-0.1, -0.05) is 18.2 Å². The Kier molecular flexibility index (Phi) is 2.83. The molecule has 0 saturated carbocycles. The summed E-state index contributed by atoms with van der Waals surface area (Å²) in [5, 5.41) is 0. The topological polar surface area (TPSA) is 61.3 Å². The highest BCUT2D eigenvalue weighted by Crippen LogP contribution is 2.21. The Balaban J connectivity index is 1.80. The first-order chi connectivity index (χ1) is 9.22. The second-order valence-electron chi connectivity index (χ2n) is 4.39. The zero-order valence-corrected chi connectivity index (χ0v) is 10.6. The Morgan fingerprint density at radius 2 is 2.05 bits per heavy atom. The summed E-state index contributed by atoms with van der Waals surface area (Å²) in [5.41, 5.74) is 9.12. The molecule has 19 heavy (non-hydrogen) atoms. The number of fused-ring (bicyclic) bond motifs is 1. The van der Waals surface area contributed by atoms with Crippen molar-refractivity contribution in [2.45, 2.75) is 13.5 Å². The van der Waals surface area contributed by atoms with Gasteiger partial charge in [0.2, 0.25) is 5.89 Å². The summed E-state index contributed by atoms with van der Waals surface area (Å²) in [6.45, 7) is 2.30. The van der Waals surface area contributed by atoms with Crippen molar-refractivity contribution < 1.29 is 9.15 Å². The maximum atomic E-state index is 5.69. The first-order valence-electron chi connectivity index (χ1n) is 6.06. The zero-order chi connectivity index (χ0) is 13.2. The fraction of sp³-hybridized carbons (Fsp3) is 0.133. The molecule has 3 aromatic rings. The van der Waals surface area contributed by atoms with Crippen LogP contribution in [0, 0.1) is 6.92 Å². The number of hydrogen-bond acceptors (Lipinski definition) is 4. The molecule has 0 amide bonds. The van der Waals surface area contributed by atoms with Crippen molar-refractivity contribution in [1.82, 2.24) is 4.98 Å². The average molecular weight is 254 g/mol. The summed E-state index contributed by atoms with van der Waals surface area (Å²) in [5.74, 6) is 1.27. The molecule has 1 aromatic heterocycles. The molecule has 2 N–H and O–H groups in total. The van der Waals surface area contributed by atoms with Crippen LogP contribution in [0.1, 0.15) is 11.5 Å². The van der Waals surface area contributed by atoms with Gasteiger partial charge in [-0.15, -0.1) is 0 Å². The number of nitrogens with two attached hydrogens (primary N) is 1. The van der Waals surface area contributed by atoms with Crippen molar-refractivity contribution >= 4 is 16.8 Å². The average Bonchev–Trinajstić information content (AvgIpc) is 2.81. The monoisotopic (exact) mass is 254 g/mol. The SMILES string of the molecule is Cc1cccc2oc(COc3cccc(N)c3)nc12. The third-order valence-corrected chi connectivity index (χ3v) is 2.89. The third-order valence-electron chi connectivity index (χ3n) is 2.89. The first-order valence-corrected chi connectivity index (χ1v) is 6.06. The molecule has 0 aliphatic carbocycles. The molecule has 96 valence electrons. The van der Waals surface area contributed by atoms with Gasteiger partial charge in [-0.25, -0.2) is 4.98 Å². The van der Waals surface area contributed by atoms with Crippen LogP contribution in [0.15, 0.2) is 46.9 Å². The number of nitrogen functional groups attached to an aromatic ring is 1. The number of oxazole rings is 1. The minimum atomic E-state index is 0.289. The van der Waals surface area contributed by atoms with E-state index >= 15 is 0 Å². The number of para-hydroxylation sites is 1. The molecule has 2 aromatic carbocycles. The summed E-state index contributed by atoms with van der Waals surface area (Å²) in [6, 6.07) is 13.1. The van der Waals surface area contributed by atoms with Gasteiger partial charge in [0.25, 0.3) is 0 Å². The molecule has 0 aliphatic rings. The number of aromatic nitrogens is 1. The predicted octanol–water partition coefficient (Wildman–Crippen LogP) is 3.30. The van der Waals surface area contributed by atoms with E-state index in [0.29, 0.717) is 17.3 Å². The third kappa shape index (κ3) is 2.38. The van der Waals surface area contributed by atoms with E-state index in [9.17, 15) is 0 Å². The molecular formula is C15H14N2O2. The Hall–Kier alpha value is -2.49. The fourth-order valence-corrected chi connectivity index (χ4v) is 1.94. The van der Waals surface area contributed by atoms with Crippen LogP contribution < -0.4 is 10.5 Å². The van der Waals surface area contributed by atoms with E-state index in [2.05, 4.69) is 4.98 Å². The van der Waals surface area contributed by atoms with Crippen LogP contribution in [-0.2, 0) is 6.61 Å². The number of anilines is 1. The lowest BCUT2D eigenvalue weighted by Gasteiger charge is -2.03. The largest absolute Gasteiger partial charge is 0.484 e. The predicted molar refractivity (Wildman–Crippen MR) is 73.9 cm³/mol. The summed E-state index contributed by atoms with van der Waals surface area (Å²) in [7, 11) is 0. The van der Waals surface area contributed by atoms with Crippen LogP contribution >= 0.6 is 0 Å². The second kappa shape index (κ2) is 4.65. The molecule has 0 unspecified atom stereocenters. The van der Waals surface area contributed by atoms with Gasteiger partial charge < -0.3 is 14.9 Å². The molecule has 4 nitrogen and oxygen atoms in total. The zero-order valence-electron chi connectivity index (χ0n) is 10.6. The number of nitrogens with zero attached hydrogens (tertiary/aromatic N) is 1. The number of benzene rings is 2. The van der Waals surface area contributed by atoms with Gasteiger partial charge in [0, 0.05) is 11.8 Å². The quantitative estimate of drug-likeness (QED) is 0.728. The Bertz CT molecular complexity index is 719. The summed E-state index contributed by atoms with van der Waals surface area (Å²) < 4.78 is 11.2. The molecule has 0 saturated heterocycles. The number of rotatable bonds is 3. The van der Waals surface area contributed by atoms with E-state index in [-0.39, 0.29) is 6.61 Å². The molecule has 0 spiro atoms. The van der Waals surface area contributed by atoms with E-state index in [0.717, 1.165) is 16.7 Å². The highest BCUT2D eigenvalue weighted by Gasteiger charge is 2.08. The maximum Gasteiger partial charge on any atom is 0.233 e.